The molecule has 0 saturated carbocycles. The zero-order chi connectivity index (χ0) is 10.2. The zero-order valence-electron chi connectivity index (χ0n) is 8.64. The van der Waals surface area contributed by atoms with Crippen LogP contribution in [-0.2, 0) is 5.41 Å². The summed E-state index contributed by atoms with van der Waals surface area (Å²) in [4.78, 5) is 1.41. The molecule has 0 spiro atoms. The Morgan fingerprint density at radius 2 is 2.29 bits per heavy atom. The van der Waals surface area contributed by atoms with Gasteiger partial charge in [-0.05, 0) is 37.6 Å². The molecule has 3 heteroatoms. The van der Waals surface area contributed by atoms with Crippen molar-refractivity contribution in [2.75, 3.05) is 13.1 Å². The van der Waals surface area contributed by atoms with E-state index in [4.69, 9.17) is 11.6 Å². The van der Waals surface area contributed by atoms with Crippen LogP contribution < -0.4 is 5.32 Å². The third kappa shape index (κ3) is 1.83. The summed E-state index contributed by atoms with van der Waals surface area (Å²) in [6.07, 6.45) is 1.28. The summed E-state index contributed by atoms with van der Waals surface area (Å²) in [6.45, 7) is 6.95. The summed E-state index contributed by atoms with van der Waals surface area (Å²) in [6, 6.07) is 4.18. The molecule has 78 valence electrons. The summed E-state index contributed by atoms with van der Waals surface area (Å²) in [5.74, 6) is 0.747. The van der Waals surface area contributed by atoms with Gasteiger partial charge in [0.05, 0.1) is 4.34 Å². The van der Waals surface area contributed by atoms with Gasteiger partial charge >= 0.3 is 0 Å². The Kier molecular flexibility index (Phi) is 2.87. The first kappa shape index (κ1) is 10.5. The predicted molar refractivity (Wildman–Crippen MR) is 63.3 cm³/mol. The van der Waals surface area contributed by atoms with E-state index in [1.165, 1.54) is 11.3 Å². The van der Waals surface area contributed by atoms with Gasteiger partial charge < -0.3 is 5.32 Å². The molecule has 0 amide bonds. The smallest absolute Gasteiger partial charge is 0.0931 e. The van der Waals surface area contributed by atoms with Gasteiger partial charge in [-0.15, -0.1) is 11.3 Å². The highest BCUT2D eigenvalue weighted by molar-refractivity contribution is 7.16. The molecule has 0 bridgehead atoms. The number of hydrogen-bond acceptors (Lipinski definition) is 2. The van der Waals surface area contributed by atoms with Gasteiger partial charge in [0.25, 0.3) is 0 Å². The molecular weight excluding hydrogens is 214 g/mol. The number of halogens is 1. The Morgan fingerprint density at radius 3 is 2.79 bits per heavy atom. The van der Waals surface area contributed by atoms with Gasteiger partial charge in [-0.3, -0.25) is 0 Å². The molecule has 2 rings (SSSR count). The SMILES string of the molecule is CC(C)(c1ccc(Cl)s1)C1CCNC1. The molecule has 1 saturated heterocycles. The zero-order valence-corrected chi connectivity index (χ0v) is 10.2. The van der Waals surface area contributed by atoms with E-state index < -0.39 is 0 Å². The molecule has 1 aliphatic heterocycles. The lowest BCUT2D eigenvalue weighted by molar-refractivity contribution is 0.350. The highest BCUT2D eigenvalue weighted by atomic mass is 35.5. The Hall–Kier alpha value is -0.0500. The molecule has 1 unspecified atom stereocenters. The van der Waals surface area contributed by atoms with Gasteiger partial charge in [-0.2, -0.15) is 0 Å². The van der Waals surface area contributed by atoms with Crippen molar-refractivity contribution in [1.29, 1.82) is 0 Å². The molecule has 0 radical (unpaired) electrons. The normalized spacial score (nSPS) is 22.9. The molecule has 1 aliphatic rings. The van der Waals surface area contributed by atoms with E-state index in [0.717, 1.165) is 23.3 Å². The van der Waals surface area contributed by atoms with Gasteiger partial charge in [0.2, 0.25) is 0 Å². The van der Waals surface area contributed by atoms with Gasteiger partial charge in [0.15, 0.2) is 0 Å². The molecule has 1 aromatic rings. The fourth-order valence-electron chi connectivity index (χ4n) is 2.13. The van der Waals surface area contributed by atoms with Gasteiger partial charge in [0.1, 0.15) is 0 Å². The van der Waals surface area contributed by atoms with Crippen molar-refractivity contribution >= 4 is 22.9 Å². The van der Waals surface area contributed by atoms with Crippen molar-refractivity contribution in [3.8, 4) is 0 Å². The molecule has 0 aliphatic carbocycles. The lowest BCUT2D eigenvalue weighted by Crippen LogP contribution is -2.29. The molecular formula is C11H16ClNS. The fourth-order valence-corrected chi connectivity index (χ4v) is 3.36. The maximum Gasteiger partial charge on any atom is 0.0931 e. The van der Waals surface area contributed by atoms with Crippen molar-refractivity contribution in [1.82, 2.24) is 5.32 Å². The van der Waals surface area contributed by atoms with Crippen LogP contribution in [0, 0.1) is 5.92 Å². The second-order valence-corrected chi connectivity index (χ2v) is 6.23. The predicted octanol–water partition coefficient (Wildman–Crippen LogP) is 3.29. The topological polar surface area (TPSA) is 12.0 Å². The van der Waals surface area contributed by atoms with Gasteiger partial charge in [-0.25, -0.2) is 0 Å². The minimum atomic E-state index is 0.265. The average molecular weight is 230 g/mol. The first-order valence-corrected chi connectivity index (χ1v) is 6.26. The largest absolute Gasteiger partial charge is 0.316 e. The van der Waals surface area contributed by atoms with E-state index in [9.17, 15) is 0 Å². The molecule has 2 heterocycles. The van der Waals surface area contributed by atoms with Crippen molar-refractivity contribution in [3.63, 3.8) is 0 Å². The summed E-state index contributed by atoms with van der Waals surface area (Å²) in [5.41, 5.74) is 0.265. The third-order valence-electron chi connectivity index (χ3n) is 3.29. The minimum Gasteiger partial charge on any atom is -0.316 e. The lowest BCUT2D eigenvalue weighted by Gasteiger charge is -2.30. The number of rotatable bonds is 2. The Bertz CT molecular complexity index is 313. The summed E-state index contributed by atoms with van der Waals surface area (Å²) >= 11 is 7.70. The van der Waals surface area contributed by atoms with Crippen LogP contribution in [0.3, 0.4) is 0 Å². The second kappa shape index (κ2) is 3.84. The average Bonchev–Trinajstić information content (AvgIpc) is 2.72. The van der Waals surface area contributed by atoms with Crippen LogP contribution in [0.1, 0.15) is 25.1 Å². The lowest BCUT2D eigenvalue weighted by atomic mass is 9.77. The van der Waals surface area contributed by atoms with Crippen LogP contribution in [0.5, 0.6) is 0 Å². The van der Waals surface area contributed by atoms with Crippen LogP contribution in [0.15, 0.2) is 12.1 Å². The monoisotopic (exact) mass is 229 g/mol. The van der Waals surface area contributed by atoms with Crippen molar-refractivity contribution in [2.45, 2.75) is 25.7 Å². The molecule has 1 nitrogen and oxygen atoms in total. The summed E-state index contributed by atoms with van der Waals surface area (Å²) < 4.78 is 0.902. The maximum absolute atomic E-state index is 5.98. The van der Waals surface area contributed by atoms with Crippen LogP contribution >= 0.6 is 22.9 Å². The molecule has 1 N–H and O–H groups in total. The number of hydrogen-bond donors (Lipinski definition) is 1. The van der Waals surface area contributed by atoms with E-state index in [1.807, 2.05) is 6.07 Å². The van der Waals surface area contributed by atoms with Gasteiger partial charge in [0, 0.05) is 10.3 Å². The van der Waals surface area contributed by atoms with Crippen LogP contribution in [0.25, 0.3) is 0 Å². The van der Waals surface area contributed by atoms with E-state index >= 15 is 0 Å². The first-order valence-electron chi connectivity index (χ1n) is 5.07. The van der Waals surface area contributed by atoms with E-state index in [2.05, 4.69) is 25.2 Å². The van der Waals surface area contributed by atoms with Gasteiger partial charge in [-0.1, -0.05) is 25.4 Å². The van der Waals surface area contributed by atoms with Crippen molar-refractivity contribution in [3.05, 3.63) is 21.3 Å². The van der Waals surface area contributed by atoms with E-state index in [1.54, 1.807) is 11.3 Å². The molecule has 14 heavy (non-hydrogen) atoms. The molecule has 1 atom stereocenters. The van der Waals surface area contributed by atoms with Crippen molar-refractivity contribution < 1.29 is 0 Å². The quantitative estimate of drug-likeness (QED) is 0.821. The summed E-state index contributed by atoms with van der Waals surface area (Å²) in [7, 11) is 0. The highest BCUT2D eigenvalue weighted by Crippen LogP contribution is 2.39. The Morgan fingerprint density at radius 1 is 1.50 bits per heavy atom. The van der Waals surface area contributed by atoms with Crippen molar-refractivity contribution in [2.24, 2.45) is 5.92 Å². The fraction of sp³-hybridized carbons (Fsp3) is 0.636. The standard InChI is InChI=1S/C11H16ClNS/c1-11(2,8-5-6-13-7-8)9-3-4-10(12)14-9/h3-4,8,13H,5-7H2,1-2H3. The third-order valence-corrected chi connectivity index (χ3v) is 4.86. The van der Waals surface area contributed by atoms with Crippen LogP contribution in [0.2, 0.25) is 4.34 Å². The summed E-state index contributed by atoms with van der Waals surface area (Å²) in [5, 5.41) is 3.43. The minimum absolute atomic E-state index is 0.265. The van der Waals surface area contributed by atoms with E-state index in [0.29, 0.717) is 0 Å². The molecule has 0 aromatic carbocycles. The second-order valence-electron chi connectivity index (χ2n) is 4.52. The van der Waals surface area contributed by atoms with E-state index in [-0.39, 0.29) is 5.41 Å². The highest BCUT2D eigenvalue weighted by Gasteiger charge is 2.34. The Balaban J connectivity index is 2.22. The van der Waals surface area contributed by atoms with Crippen LogP contribution in [0.4, 0.5) is 0 Å². The first-order chi connectivity index (χ1) is 6.60. The number of thiophene rings is 1. The van der Waals surface area contributed by atoms with Crippen LogP contribution in [-0.4, -0.2) is 13.1 Å². The molecule has 1 aromatic heterocycles. The number of nitrogens with one attached hydrogen (secondary N) is 1. The Labute approximate surface area is 94.5 Å². The molecule has 1 fully saturated rings. The maximum atomic E-state index is 5.98.